The second-order valence-corrected chi connectivity index (χ2v) is 6.90. The summed E-state index contributed by atoms with van der Waals surface area (Å²) in [5, 5.41) is 13.2. The van der Waals surface area contributed by atoms with E-state index in [0.29, 0.717) is 18.1 Å². The molecule has 4 nitrogen and oxygen atoms in total. The number of aliphatic hydroxyl groups excluding tert-OH is 1. The summed E-state index contributed by atoms with van der Waals surface area (Å²) in [6.45, 7) is 14.6. The minimum atomic E-state index is -0.180. The molecule has 3 atom stereocenters. The molecule has 1 heterocycles. The second kappa shape index (κ2) is 7.02. The predicted molar refractivity (Wildman–Crippen MR) is 81.5 cm³/mol. The fourth-order valence-corrected chi connectivity index (χ4v) is 3.12. The molecule has 0 amide bonds. The molecule has 0 saturated carbocycles. The number of aliphatic hydroxyl groups is 1. The van der Waals surface area contributed by atoms with E-state index >= 15 is 0 Å². The molecule has 0 radical (unpaired) electrons. The van der Waals surface area contributed by atoms with Gasteiger partial charge in [0.2, 0.25) is 0 Å². The zero-order valence-electron chi connectivity index (χ0n) is 13.6. The van der Waals surface area contributed by atoms with Crippen molar-refractivity contribution < 1.29 is 5.11 Å². The van der Waals surface area contributed by atoms with Gasteiger partial charge in [-0.15, -0.1) is 0 Å². The highest BCUT2D eigenvalue weighted by Crippen LogP contribution is 2.19. The molecule has 0 aromatic rings. The molecule has 0 aromatic heterocycles. The van der Waals surface area contributed by atoms with Gasteiger partial charge < -0.3 is 15.3 Å². The molecule has 1 saturated heterocycles. The van der Waals surface area contributed by atoms with E-state index < -0.39 is 0 Å². The van der Waals surface area contributed by atoms with Gasteiger partial charge in [0.1, 0.15) is 0 Å². The van der Waals surface area contributed by atoms with Gasteiger partial charge in [0.05, 0.1) is 6.61 Å². The third-order valence-corrected chi connectivity index (χ3v) is 4.35. The van der Waals surface area contributed by atoms with Gasteiger partial charge in [0.25, 0.3) is 0 Å². The number of rotatable bonds is 6. The lowest BCUT2D eigenvalue weighted by molar-refractivity contribution is 0.0525. The fourth-order valence-electron chi connectivity index (χ4n) is 3.12. The Kier molecular flexibility index (Phi) is 6.24. The maximum Gasteiger partial charge on any atom is 0.0611 e. The van der Waals surface area contributed by atoms with Crippen LogP contribution in [0.25, 0.3) is 0 Å². The van der Waals surface area contributed by atoms with Crippen LogP contribution in [0.5, 0.6) is 0 Å². The van der Waals surface area contributed by atoms with Crippen molar-refractivity contribution in [1.82, 2.24) is 15.1 Å². The van der Waals surface area contributed by atoms with Gasteiger partial charge in [0.15, 0.2) is 0 Å². The van der Waals surface area contributed by atoms with Crippen LogP contribution in [0.3, 0.4) is 0 Å². The third-order valence-electron chi connectivity index (χ3n) is 4.35. The lowest BCUT2D eigenvalue weighted by atomic mass is 9.92. The van der Waals surface area contributed by atoms with Crippen molar-refractivity contribution >= 4 is 0 Å². The smallest absolute Gasteiger partial charge is 0.0611 e. The van der Waals surface area contributed by atoms with E-state index in [9.17, 15) is 5.11 Å². The van der Waals surface area contributed by atoms with E-state index in [-0.39, 0.29) is 12.1 Å². The van der Waals surface area contributed by atoms with E-state index in [2.05, 4.69) is 56.8 Å². The van der Waals surface area contributed by atoms with Gasteiger partial charge in [-0.2, -0.15) is 0 Å². The van der Waals surface area contributed by atoms with Crippen molar-refractivity contribution in [3.63, 3.8) is 0 Å². The molecule has 3 unspecified atom stereocenters. The summed E-state index contributed by atoms with van der Waals surface area (Å²) in [6.07, 6.45) is 0.984. The van der Waals surface area contributed by atoms with Crippen LogP contribution in [0.2, 0.25) is 0 Å². The van der Waals surface area contributed by atoms with E-state index in [1.165, 1.54) is 0 Å². The molecule has 0 aromatic carbocycles. The number of piperazine rings is 1. The van der Waals surface area contributed by atoms with Crippen LogP contribution in [0.1, 0.15) is 41.0 Å². The van der Waals surface area contributed by atoms with E-state index in [4.69, 9.17) is 0 Å². The zero-order chi connectivity index (χ0) is 14.6. The first-order chi connectivity index (χ1) is 8.77. The summed E-state index contributed by atoms with van der Waals surface area (Å²) >= 11 is 0. The van der Waals surface area contributed by atoms with Crippen molar-refractivity contribution in [3.8, 4) is 0 Å². The Morgan fingerprint density at radius 3 is 2.42 bits per heavy atom. The highest BCUT2D eigenvalue weighted by atomic mass is 16.3. The van der Waals surface area contributed by atoms with Gasteiger partial charge in [0, 0.05) is 43.3 Å². The molecule has 19 heavy (non-hydrogen) atoms. The molecular weight excluding hydrogens is 238 g/mol. The largest absolute Gasteiger partial charge is 0.394 e. The Labute approximate surface area is 119 Å². The zero-order valence-corrected chi connectivity index (χ0v) is 13.6. The number of nitrogens with one attached hydrogen (secondary N) is 1. The molecule has 1 aliphatic rings. The maximum atomic E-state index is 9.69. The summed E-state index contributed by atoms with van der Waals surface area (Å²) in [7, 11) is 2.20. The topological polar surface area (TPSA) is 38.7 Å². The maximum absolute atomic E-state index is 9.69. The molecular formula is C15H33N3O. The highest BCUT2D eigenvalue weighted by Gasteiger charge is 2.31. The fraction of sp³-hybridized carbons (Fsp3) is 1.00. The van der Waals surface area contributed by atoms with Crippen molar-refractivity contribution in [1.29, 1.82) is 0 Å². The van der Waals surface area contributed by atoms with Crippen LogP contribution >= 0.6 is 0 Å². The predicted octanol–water partition coefficient (Wildman–Crippen LogP) is 1.15. The molecule has 0 spiro atoms. The second-order valence-electron chi connectivity index (χ2n) is 6.90. The van der Waals surface area contributed by atoms with Gasteiger partial charge in [-0.3, -0.25) is 4.90 Å². The van der Waals surface area contributed by atoms with Crippen molar-refractivity contribution in [2.45, 2.75) is 64.7 Å². The lowest BCUT2D eigenvalue weighted by Gasteiger charge is -2.43. The minimum Gasteiger partial charge on any atom is -0.394 e. The Morgan fingerprint density at radius 1 is 1.32 bits per heavy atom. The first kappa shape index (κ1) is 16.9. The van der Waals surface area contributed by atoms with Gasteiger partial charge in [-0.1, -0.05) is 13.8 Å². The van der Waals surface area contributed by atoms with Gasteiger partial charge in [-0.05, 0) is 34.2 Å². The van der Waals surface area contributed by atoms with Crippen molar-refractivity contribution in [2.75, 3.05) is 33.3 Å². The quantitative estimate of drug-likeness (QED) is 0.760. The molecule has 0 bridgehead atoms. The van der Waals surface area contributed by atoms with Crippen LogP contribution in [-0.4, -0.2) is 71.9 Å². The normalized spacial score (nSPS) is 27.5. The SMILES string of the molecule is CC(C)NC(C)(CO)CC(C)N1CCN(C)C(C)C1. The van der Waals surface area contributed by atoms with Crippen molar-refractivity contribution in [3.05, 3.63) is 0 Å². The molecule has 1 fully saturated rings. The van der Waals surface area contributed by atoms with E-state index in [1.54, 1.807) is 0 Å². The van der Waals surface area contributed by atoms with E-state index in [0.717, 1.165) is 26.1 Å². The molecule has 1 aliphatic heterocycles. The number of likely N-dealkylation sites (N-methyl/N-ethyl adjacent to an activating group) is 1. The summed E-state index contributed by atoms with van der Waals surface area (Å²) in [4.78, 5) is 4.97. The molecule has 4 heteroatoms. The molecule has 2 N–H and O–H groups in total. The third kappa shape index (κ3) is 5.03. The van der Waals surface area contributed by atoms with Crippen LogP contribution in [0.15, 0.2) is 0 Å². The van der Waals surface area contributed by atoms with Gasteiger partial charge >= 0.3 is 0 Å². The summed E-state index contributed by atoms with van der Waals surface area (Å²) in [5.41, 5.74) is -0.180. The van der Waals surface area contributed by atoms with Crippen LogP contribution < -0.4 is 5.32 Å². The first-order valence-electron chi connectivity index (χ1n) is 7.60. The molecule has 1 rings (SSSR count). The summed E-state index contributed by atoms with van der Waals surface area (Å²) in [6, 6.07) is 1.52. The molecule has 0 aliphatic carbocycles. The summed E-state index contributed by atoms with van der Waals surface area (Å²) in [5.74, 6) is 0. The number of nitrogens with zero attached hydrogens (tertiary/aromatic N) is 2. The number of hydrogen-bond donors (Lipinski definition) is 2. The average Bonchev–Trinajstić information content (AvgIpc) is 2.31. The van der Waals surface area contributed by atoms with E-state index in [1.807, 2.05) is 0 Å². The van der Waals surface area contributed by atoms with Crippen LogP contribution in [-0.2, 0) is 0 Å². The minimum absolute atomic E-state index is 0.180. The monoisotopic (exact) mass is 271 g/mol. The first-order valence-corrected chi connectivity index (χ1v) is 7.60. The number of hydrogen-bond acceptors (Lipinski definition) is 4. The average molecular weight is 271 g/mol. The van der Waals surface area contributed by atoms with Crippen LogP contribution in [0, 0.1) is 0 Å². The highest BCUT2D eigenvalue weighted by molar-refractivity contribution is 4.90. The lowest BCUT2D eigenvalue weighted by Crippen LogP contribution is -2.57. The Hall–Kier alpha value is -0.160. The van der Waals surface area contributed by atoms with Crippen molar-refractivity contribution in [2.24, 2.45) is 0 Å². The van der Waals surface area contributed by atoms with Gasteiger partial charge in [-0.25, -0.2) is 0 Å². The molecule has 114 valence electrons. The van der Waals surface area contributed by atoms with Crippen LogP contribution in [0.4, 0.5) is 0 Å². The Morgan fingerprint density at radius 2 is 1.95 bits per heavy atom. The Balaban J connectivity index is 2.55. The Bertz CT molecular complexity index is 272. The summed E-state index contributed by atoms with van der Waals surface area (Å²) < 4.78 is 0. The standard InChI is InChI=1S/C15H33N3O/c1-12(2)16-15(5,11-19)9-13(3)18-8-7-17(6)14(4)10-18/h12-14,16,19H,7-11H2,1-6H3.